The highest BCUT2D eigenvalue weighted by molar-refractivity contribution is 9.10. The predicted molar refractivity (Wildman–Crippen MR) is 129 cm³/mol. The van der Waals surface area contributed by atoms with E-state index in [1.807, 2.05) is 31.2 Å². The van der Waals surface area contributed by atoms with Crippen LogP contribution in [0.25, 0.3) is 11.0 Å². The Labute approximate surface area is 198 Å². The molecule has 1 unspecified atom stereocenters. The lowest BCUT2D eigenvalue weighted by Gasteiger charge is -2.25. The molecular formula is C26H20BrNO5. The molecule has 6 nitrogen and oxygen atoms in total. The molecule has 0 radical (unpaired) electrons. The zero-order valence-electron chi connectivity index (χ0n) is 18.0. The van der Waals surface area contributed by atoms with Crippen molar-refractivity contribution in [1.82, 2.24) is 0 Å². The SMILES string of the molecule is CCOc1cccc(C2c3c(oc4ccc(Br)cc4c3=O)C(=O)N2c2ccc(OC)cc2)c1. The standard InChI is InChI=1S/C26H20BrNO5/c1-3-32-19-6-4-5-15(13-19)23-22-24(29)20-14-16(27)7-12-21(20)33-25(22)26(30)28(23)17-8-10-18(31-2)11-9-17/h4-14,23H,3H2,1-2H3. The van der Waals surface area contributed by atoms with E-state index in [1.54, 1.807) is 54.5 Å². The van der Waals surface area contributed by atoms with Gasteiger partial charge in [-0.2, -0.15) is 0 Å². The fourth-order valence-corrected chi connectivity index (χ4v) is 4.57. The molecule has 166 valence electrons. The van der Waals surface area contributed by atoms with Crippen molar-refractivity contribution in [2.45, 2.75) is 13.0 Å². The van der Waals surface area contributed by atoms with Gasteiger partial charge in [0.15, 0.2) is 5.43 Å². The molecule has 0 N–H and O–H groups in total. The highest BCUT2D eigenvalue weighted by atomic mass is 79.9. The zero-order chi connectivity index (χ0) is 23.1. The maximum atomic E-state index is 13.7. The average molecular weight is 506 g/mol. The molecule has 0 aliphatic carbocycles. The van der Waals surface area contributed by atoms with Crippen LogP contribution < -0.4 is 19.8 Å². The second kappa shape index (κ2) is 8.41. The largest absolute Gasteiger partial charge is 0.497 e. The third-order valence-electron chi connectivity index (χ3n) is 5.67. The molecule has 5 rings (SSSR count). The van der Waals surface area contributed by atoms with Gasteiger partial charge in [-0.25, -0.2) is 0 Å². The third-order valence-corrected chi connectivity index (χ3v) is 6.16. The van der Waals surface area contributed by atoms with Crippen molar-refractivity contribution < 1.29 is 18.7 Å². The maximum absolute atomic E-state index is 13.7. The molecule has 33 heavy (non-hydrogen) atoms. The van der Waals surface area contributed by atoms with Crippen LogP contribution in [-0.4, -0.2) is 19.6 Å². The van der Waals surface area contributed by atoms with Crippen molar-refractivity contribution in [2.24, 2.45) is 0 Å². The number of hydrogen-bond acceptors (Lipinski definition) is 5. The molecule has 0 saturated heterocycles. The molecule has 2 heterocycles. The van der Waals surface area contributed by atoms with Crippen LogP contribution in [-0.2, 0) is 0 Å². The van der Waals surface area contributed by atoms with E-state index < -0.39 is 6.04 Å². The summed E-state index contributed by atoms with van der Waals surface area (Å²) in [5, 5.41) is 0.415. The Balaban J connectivity index is 1.77. The lowest BCUT2D eigenvalue weighted by molar-refractivity contribution is 0.0971. The fourth-order valence-electron chi connectivity index (χ4n) is 4.21. The van der Waals surface area contributed by atoms with E-state index in [2.05, 4.69) is 15.9 Å². The molecule has 3 aromatic carbocycles. The molecule has 0 spiro atoms. The summed E-state index contributed by atoms with van der Waals surface area (Å²) < 4.78 is 17.7. The Morgan fingerprint density at radius 1 is 1.00 bits per heavy atom. The van der Waals surface area contributed by atoms with Gasteiger partial charge in [0.2, 0.25) is 5.76 Å². The monoisotopic (exact) mass is 505 g/mol. The van der Waals surface area contributed by atoms with Crippen molar-refractivity contribution in [1.29, 1.82) is 0 Å². The molecule has 1 aliphatic rings. The van der Waals surface area contributed by atoms with Gasteiger partial charge in [0.05, 0.1) is 30.7 Å². The van der Waals surface area contributed by atoms with Crippen molar-refractivity contribution in [2.75, 3.05) is 18.6 Å². The van der Waals surface area contributed by atoms with Crippen LogP contribution >= 0.6 is 15.9 Å². The second-order valence-electron chi connectivity index (χ2n) is 7.60. The quantitative estimate of drug-likeness (QED) is 0.347. The summed E-state index contributed by atoms with van der Waals surface area (Å²) in [6, 6.07) is 19.1. The maximum Gasteiger partial charge on any atom is 0.295 e. The highest BCUT2D eigenvalue weighted by Gasteiger charge is 2.43. The first-order valence-electron chi connectivity index (χ1n) is 10.5. The van der Waals surface area contributed by atoms with Crippen LogP contribution in [0.15, 0.2) is 80.4 Å². The van der Waals surface area contributed by atoms with Gasteiger partial charge >= 0.3 is 0 Å². The topological polar surface area (TPSA) is 69.0 Å². The minimum absolute atomic E-state index is 0.0532. The van der Waals surface area contributed by atoms with Gasteiger partial charge in [0.25, 0.3) is 5.91 Å². The van der Waals surface area contributed by atoms with Gasteiger partial charge in [0, 0.05) is 10.2 Å². The van der Waals surface area contributed by atoms with Gasteiger partial charge in [-0.05, 0) is 67.1 Å². The summed E-state index contributed by atoms with van der Waals surface area (Å²) in [6.07, 6.45) is 0. The number of amides is 1. The van der Waals surface area contributed by atoms with Crippen molar-refractivity contribution >= 4 is 38.5 Å². The number of ether oxygens (including phenoxy) is 2. The van der Waals surface area contributed by atoms with Crippen LogP contribution in [0.1, 0.15) is 34.6 Å². The molecule has 0 fully saturated rings. The smallest absolute Gasteiger partial charge is 0.295 e. The van der Waals surface area contributed by atoms with E-state index >= 15 is 0 Å². The molecule has 1 amide bonds. The van der Waals surface area contributed by atoms with Gasteiger partial charge < -0.3 is 13.9 Å². The summed E-state index contributed by atoms with van der Waals surface area (Å²) >= 11 is 3.42. The molecule has 1 aromatic heterocycles. The van der Waals surface area contributed by atoms with Crippen LogP contribution in [0, 0.1) is 0 Å². The lowest BCUT2D eigenvalue weighted by atomic mass is 9.98. The van der Waals surface area contributed by atoms with Crippen molar-refractivity contribution in [3.63, 3.8) is 0 Å². The number of carbonyl (C=O) groups excluding carboxylic acids is 1. The Hall–Kier alpha value is -3.58. The number of hydrogen-bond donors (Lipinski definition) is 0. The molecule has 0 bridgehead atoms. The van der Waals surface area contributed by atoms with E-state index in [9.17, 15) is 9.59 Å². The van der Waals surface area contributed by atoms with E-state index in [1.165, 1.54) is 0 Å². The Morgan fingerprint density at radius 3 is 2.52 bits per heavy atom. The number of carbonyl (C=O) groups is 1. The van der Waals surface area contributed by atoms with Crippen LogP contribution in [0.5, 0.6) is 11.5 Å². The van der Waals surface area contributed by atoms with Gasteiger partial charge in [-0.1, -0.05) is 28.1 Å². The number of nitrogens with zero attached hydrogens (tertiary/aromatic N) is 1. The van der Waals surface area contributed by atoms with Crippen LogP contribution in [0.3, 0.4) is 0 Å². The summed E-state index contributed by atoms with van der Waals surface area (Å²) in [7, 11) is 1.58. The number of rotatable bonds is 5. The van der Waals surface area contributed by atoms with E-state index in [4.69, 9.17) is 13.9 Å². The summed E-state index contributed by atoms with van der Waals surface area (Å²) in [6.45, 7) is 2.41. The highest BCUT2D eigenvalue weighted by Crippen LogP contribution is 2.42. The van der Waals surface area contributed by atoms with Gasteiger partial charge in [-0.3, -0.25) is 14.5 Å². The normalized spacial score (nSPS) is 15.1. The second-order valence-corrected chi connectivity index (χ2v) is 8.51. The Morgan fingerprint density at radius 2 is 1.79 bits per heavy atom. The number of halogens is 1. The van der Waals surface area contributed by atoms with E-state index in [-0.39, 0.29) is 17.1 Å². The fraction of sp³-hybridized carbons (Fsp3) is 0.154. The third kappa shape index (κ3) is 3.58. The average Bonchev–Trinajstić information content (AvgIpc) is 3.12. The summed E-state index contributed by atoms with van der Waals surface area (Å²) in [4.78, 5) is 28.9. The summed E-state index contributed by atoms with van der Waals surface area (Å²) in [5.41, 5.74) is 1.83. The van der Waals surface area contributed by atoms with E-state index in [0.29, 0.717) is 40.3 Å². The zero-order valence-corrected chi connectivity index (χ0v) is 19.6. The van der Waals surface area contributed by atoms with Crippen LogP contribution in [0.2, 0.25) is 0 Å². The van der Waals surface area contributed by atoms with Gasteiger partial charge in [0.1, 0.15) is 17.1 Å². The summed E-state index contributed by atoms with van der Waals surface area (Å²) in [5.74, 6) is 1.02. The number of anilines is 1. The van der Waals surface area contributed by atoms with Crippen molar-refractivity contribution in [3.05, 3.63) is 98.3 Å². The van der Waals surface area contributed by atoms with Crippen LogP contribution in [0.4, 0.5) is 5.69 Å². The Bertz CT molecular complexity index is 1430. The lowest BCUT2D eigenvalue weighted by Crippen LogP contribution is -2.29. The molecule has 1 atom stereocenters. The van der Waals surface area contributed by atoms with E-state index in [0.717, 1.165) is 10.0 Å². The van der Waals surface area contributed by atoms with Crippen molar-refractivity contribution in [3.8, 4) is 11.5 Å². The predicted octanol–water partition coefficient (Wildman–Crippen LogP) is 5.71. The first kappa shape index (κ1) is 21.3. The molecular weight excluding hydrogens is 486 g/mol. The molecule has 0 saturated carbocycles. The molecule has 7 heteroatoms. The number of methoxy groups -OCH3 is 1. The number of fused-ring (bicyclic) bond motifs is 2. The minimum Gasteiger partial charge on any atom is -0.497 e. The first-order chi connectivity index (χ1) is 16.0. The molecule has 4 aromatic rings. The minimum atomic E-state index is -0.666. The van der Waals surface area contributed by atoms with Gasteiger partial charge in [-0.15, -0.1) is 0 Å². The first-order valence-corrected chi connectivity index (χ1v) is 11.3. The number of benzene rings is 3. The molecule has 1 aliphatic heterocycles. The Kier molecular flexibility index (Phi) is 5.42.